The molecule has 202 valence electrons. The van der Waals surface area contributed by atoms with E-state index in [4.69, 9.17) is 23.7 Å². The maximum absolute atomic E-state index is 12.8. The zero-order chi connectivity index (χ0) is 25.3. The highest BCUT2D eigenvalue weighted by Crippen LogP contribution is 2.41. The van der Waals surface area contributed by atoms with Crippen molar-refractivity contribution in [1.82, 2.24) is 0 Å². The van der Waals surface area contributed by atoms with E-state index >= 15 is 0 Å². The van der Waals surface area contributed by atoms with Gasteiger partial charge in [0.2, 0.25) is 0 Å². The van der Waals surface area contributed by atoms with Crippen LogP contribution in [0.15, 0.2) is 0 Å². The highest BCUT2D eigenvalue weighted by Gasteiger charge is 2.48. The van der Waals surface area contributed by atoms with Crippen molar-refractivity contribution in [3.63, 3.8) is 0 Å². The number of epoxide rings is 2. The number of hydrogen-bond acceptors (Lipinski definition) is 9. The van der Waals surface area contributed by atoms with Gasteiger partial charge in [0.05, 0.1) is 53.7 Å². The molecule has 3 saturated carbocycles. The molecule has 36 heavy (non-hydrogen) atoms. The Bertz CT molecular complexity index is 751. The van der Waals surface area contributed by atoms with Gasteiger partial charge in [0.15, 0.2) is 0 Å². The van der Waals surface area contributed by atoms with Gasteiger partial charge < -0.3 is 28.8 Å². The number of ether oxygens (including phenoxy) is 5. The molecule has 3 aliphatic carbocycles. The number of carbonyl (C=O) groups is 3. The third-order valence-electron chi connectivity index (χ3n) is 8.97. The van der Waals surface area contributed by atoms with E-state index in [0.717, 1.165) is 32.1 Å². The topological polar surface area (TPSA) is 124 Å². The Hall–Kier alpha value is -1.71. The smallest absolute Gasteiger partial charge is 0.309 e. The van der Waals surface area contributed by atoms with Gasteiger partial charge in [-0.05, 0) is 64.2 Å². The van der Waals surface area contributed by atoms with Crippen LogP contribution in [-0.2, 0) is 38.1 Å². The lowest BCUT2D eigenvalue weighted by molar-refractivity contribution is -0.169. The Morgan fingerprint density at radius 2 is 1.17 bits per heavy atom. The van der Waals surface area contributed by atoms with Gasteiger partial charge in [-0.1, -0.05) is 13.3 Å². The lowest BCUT2D eigenvalue weighted by Gasteiger charge is -2.33. The molecule has 5 fully saturated rings. The Labute approximate surface area is 212 Å². The summed E-state index contributed by atoms with van der Waals surface area (Å²) in [5.74, 6) is -1.59. The van der Waals surface area contributed by atoms with Crippen LogP contribution in [0.1, 0.15) is 77.6 Å². The SMILES string of the molecule is CCC(COC(=O)C1CCCC(O)C1)(COC(=O)C1CCC2OC2C1)COC(=O)C1CCC2OC2C1. The molecule has 0 spiro atoms. The first-order valence-electron chi connectivity index (χ1n) is 13.8. The quantitative estimate of drug-likeness (QED) is 0.269. The van der Waals surface area contributed by atoms with E-state index in [1.165, 1.54) is 0 Å². The summed E-state index contributed by atoms with van der Waals surface area (Å²) in [6.07, 6.45) is 8.17. The van der Waals surface area contributed by atoms with Crippen LogP contribution in [0.3, 0.4) is 0 Å². The van der Waals surface area contributed by atoms with Gasteiger partial charge in [0.25, 0.3) is 0 Å². The molecule has 5 aliphatic rings. The van der Waals surface area contributed by atoms with Crippen molar-refractivity contribution in [1.29, 1.82) is 0 Å². The molecule has 8 unspecified atom stereocenters. The second-order valence-electron chi connectivity index (χ2n) is 11.6. The first-order chi connectivity index (χ1) is 17.4. The van der Waals surface area contributed by atoms with Crippen LogP contribution in [0.4, 0.5) is 0 Å². The third-order valence-corrected chi connectivity index (χ3v) is 8.97. The number of esters is 3. The minimum absolute atomic E-state index is 0.00750. The predicted molar refractivity (Wildman–Crippen MR) is 126 cm³/mol. The van der Waals surface area contributed by atoms with Crippen LogP contribution in [0.25, 0.3) is 0 Å². The van der Waals surface area contributed by atoms with E-state index in [1.807, 2.05) is 6.92 Å². The maximum atomic E-state index is 12.8. The summed E-state index contributed by atoms with van der Waals surface area (Å²) < 4.78 is 28.3. The fourth-order valence-electron chi connectivity index (χ4n) is 6.07. The van der Waals surface area contributed by atoms with E-state index in [2.05, 4.69) is 0 Å². The zero-order valence-electron chi connectivity index (χ0n) is 21.2. The Morgan fingerprint density at radius 3 is 1.58 bits per heavy atom. The molecule has 2 aliphatic heterocycles. The third kappa shape index (κ3) is 6.22. The number of rotatable bonds is 10. The summed E-state index contributed by atoms with van der Waals surface area (Å²) in [5, 5.41) is 9.94. The molecule has 0 aromatic heterocycles. The first-order valence-corrected chi connectivity index (χ1v) is 13.8. The lowest BCUT2D eigenvalue weighted by Crippen LogP contribution is -2.41. The van der Waals surface area contributed by atoms with Crippen LogP contribution in [0.5, 0.6) is 0 Å². The molecular weight excluding hydrogens is 468 g/mol. The van der Waals surface area contributed by atoms with Crippen LogP contribution in [0.2, 0.25) is 0 Å². The molecule has 2 saturated heterocycles. The Morgan fingerprint density at radius 1 is 0.694 bits per heavy atom. The molecule has 0 aromatic rings. The lowest BCUT2D eigenvalue weighted by atomic mass is 9.86. The molecule has 0 bridgehead atoms. The minimum Gasteiger partial charge on any atom is -0.465 e. The summed E-state index contributed by atoms with van der Waals surface area (Å²) in [5.41, 5.74) is -0.825. The predicted octanol–water partition coefficient (Wildman–Crippen LogP) is 2.70. The van der Waals surface area contributed by atoms with Crippen LogP contribution < -0.4 is 0 Å². The number of aliphatic hydroxyl groups excluding tert-OH is 1. The summed E-state index contributed by atoms with van der Waals surface area (Å²) in [4.78, 5) is 38.5. The van der Waals surface area contributed by atoms with Crippen LogP contribution >= 0.6 is 0 Å². The van der Waals surface area contributed by atoms with E-state index in [-0.39, 0.29) is 67.7 Å². The van der Waals surface area contributed by atoms with Gasteiger partial charge in [-0.25, -0.2) is 0 Å². The molecule has 0 radical (unpaired) electrons. The first kappa shape index (κ1) is 25.9. The van der Waals surface area contributed by atoms with Gasteiger partial charge in [-0.3, -0.25) is 14.4 Å². The monoisotopic (exact) mass is 508 g/mol. The second-order valence-corrected chi connectivity index (χ2v) is 11.6. The normalized spacial score (nSPS) is 38.5. The van der Waals surface area contributed by atoms with E-state index in [0.29, 0.717) is 50.7 Å². The van der Waals surface area contributed by atoms with Crippen LogP contribution in [0, 0.1) is 23.2 Å². The Balaban J connectivity index is 1.18. The van der Waals surface area contributed by atoms with Crippen molar-refractivity contribution >= 4 is 17.9 Å². The fraction of sp³-hybridized carbons (Fsp3) is 0.889. The molecular formula is C27H40O9. The number of carbonyl (C=O) groups excluding carboxylic acids is 3. The zero-order valence-corrected chi connectivity index (χ0v) is 21.2. The second kappa shape index (κ2) is 11.0. The summed E-state index contributed by atoms with van der Waals surface area (Å²) in [6, 6.07) is 0. The van der Waals surface area contributed by atoms with Crippen molar-refractivity contribution in [3.8, 4) is 0 Å². The van der Waals surface area contributed by atoms with E-state index in [1.54, 1.807) is 0 Å². The van der Waals surface area contributed by atoms with Crippen molar-refractivity contribution in [3.05, 3.63) is 0 Å². The molecule has 0 aromatic carbocycles. The number of fused-ring (bicyclic) bond motifs is 2. The average Bonchev–Trinajstić information content (AvgIpc) is 3.81. The van der Waals surface area contributed by atoms with Crippen molar-refractivity contribution in [2.45, 2.75) is 108 Å². The largest absolute Gasteiger partial charge is 0.465 e. The van der Waals surface area contributed by atoms with Crippen LogP contribution in [-0.4, -0.2) is 73.4 Å². The highest BCUT2D eigenvalue weighted by atomic mass is 16.6. The molecule has 0 amide bonds. The van der Waals surface area contributed by atoms with Gasteiger partial charge in [0.1, 0.15) is 19.8 Å². The van der Waals surface area contributed by atoms with Crippen molar-refractivity contribution in [2.24, 2.45) is 23.2 Å². The fourth-order valence-corrected chi connectivity index (χ4v) is 6.07. The van der Waals surface area contributed by atoms with Crippen molar-refractivity contribution < 1.29 is 43.2 Å². The molecule has 5 rings (SSSR count). The maximum Gasteiger partial charge on any atom is 0.309 e. The van der Waals surface area contributed by atoms with Gasteiger partial charge in [-0.2, -0.15) is 0 Å². The van der Waals surface area contributed by atoms with Gasteiger partial charge in [0, 0.05) is 0 Å². The average molecular weight is 509 g/mol. The number of hydrogen-bond donors (Lipinski definition) is 1. The Kier molecular flexibility index (Phi) is 7.89. The van der Waals surface area contributed by atoms with E-state index in [9.17, 15) is 19.5 Å². The minimum atomic E-state index is -0.825. The van der Waals surface area contributed by atoms with E-state index < -0.39 is 11.5 Å². The summed E-state index contributed by atoms with van der Waals surface area (Å²) in [7, 11) is 0. The van der Waals surface area contributed by atoms with Gasteiger partial charge in [-0.15, -0.1) is 0 Å². The van der Waals surface area contributed by atoms with Gasteiger partial charge >= 0.3 is 17.9 Å². The molecule has 1 N–H and O–H groups in total. The molecule has 8 atom stereocenters. The molecule has 2 heterocycles. The summed E-state index contributed by atoms with van der Waals surface area (Å²) in [6.45, 7) is 1.94. The molecule has 9 nitrogen and oxygen atoms in total. The standard InChI is InChI=1S/C27H40O9/c1-2-27(13-32-24(29)16-4-3-5-19(28)10-16,14-33-25(30)17-6-8-20-22(11-17)35-20)15-34-26(31)18-7-9-21-23(12-18)36-21/h16-23,28H,2-15H2,1H3. The molecule has 9 heteroatoms. The number of aliphatic hydroxyl groups is 1. The highest BCUT2D eigenvalue weighted by molar-refractivity contribution is 5.74. The summed E-state index contributed by atoms with van der Waals surface area (Å²) >= 11 is 0. The van der Waals surface area contributed by atoms with Crippen molar-refractivity contribution in [2.75, 3.05) is 19.8 Å².